The second-order valence-corrected chi connectivity index (χ2v) is 4.61. The molecule has 1 unspecified atom stereocenters. The van der Waals surface area contributed by atoms with E-state index in [2.05, 4.69) is 23.6 Å². The van der Waals surface area contributed by atoms with Crippen LogP contribution in [0.1, 0.15) is 12.5 Å². The molecule has 19 heavy (non-hydrogen) atoms. The molecule has 1 aromatic carbocycles. The maximum Gasteiger partial charge on any atom is 0.122 e. The van der Waals surface area contributed by atoms with Gasteiger partial charge in [0.15, 0.2) is 0 Å². The Balaban J connectivity index is 2.18. The van der Waals surface area contributed by atoms with E-state index in [0.717, 1.165) is 38.4 Å². The van der Waals surface area contributed by atoms with Crippen molar-refractivity contribution in [3.05, 3.63) is 29.8 Å². The molecule has 1 atom stereocenters. The summed E-state index contributed by atoms with van der Waals surface area (Å²) in [5.41, 5.74) is 1.25. The minimum absolute atomic E-state index is 0.451. The number of para-hydroxylation sites is 1. The van der Waals surface area contributed by atoms with Gasteiger partial charge in [0.1, 0.15) is 5.75 Å². The zero-order valence-electron chi connectivity index (χ0n) is 12.2. The maximum absolute atomic E-state index is 5.34. The molecule has 4 heteroatoms. The fourth-order valence-corrected chi connectivity index (χ4v) is 1.93. The largest absolute Gasteiger partial charge is 0.496 e. The van der Waals surface area contributed by atoms with Gasteiger partial charge in [0.25, 0.3) is 0 Å². The molecule has 0 heterocycles. The van der Waals surface area contributed by atoms with Crippen LogP contribution in [0.4, 0.5) is 0 Å². The van der Waals surface area contributed by atoms with Gasteiger partial charge in [0.2, 0.25) is 0 Å². The minimum atomic E-state index is 0.451. The lowest BCUT2D eigenvalue weighted by Gasteiger charge is -2.15. The highest BCUT2D eigenvalue weighted by atomic mass is 16.5. The van der Waals surface area contributed by atoms with Crippen LogP contribution in [0.2, 0.25) is 0 Å². The second-order valence-electron chi connectivity index (χ2n) is 4.61. The lowest BCUT2D eigenvalue weighted by molar-refractivity contribution is 0.198. The predicted octanol–water partition coefficient (Wildman–Crippen LogP) is 1.45. The fraction of sp³-hybridized carbons (Fsp3) is 0.600. The summed E-state index contributed by atoms with van der Waals surface area (Å²) in [6.45, 7) is 5.74. The minimum Gasteiger partial charge on any atom is -0.496 e. The van der Waals surface area contributed by atoms with Gasteiger partial charge in [-0.3, -0.25) is 0 Å². The summed E-state index contributed by atoms with van der Waals surface area (Å²) in [5.74, 6) is 0.968. The molecule has 0 saturated carbocycles. The Morgan fingerprint density at radius 3 is 2.68 bits per heavy atom. The summed E-state index contributed by atoms with van der Waals surface area (Å²) in [7, 11) is 3.44. The van der Waals surface area contributed by atoms with Crippen LogP contribution in [-0.2, 0) is 11.2 Å². The van der Waals surface area contributed by atoms with Crippen LogP contribution < -0.4 is 15.4 Å². The number of hydrogen-bond donors (Lipinski definition) is 2. The number of methoxy groups -OCH3 is 2. The van der Waals surface area contributed by atoms with Crippen molar-refractivity contribution in [3.63, 3.8) is 0 Å². The average Bonchev–Trinajstić information content (AvgIpc) is 2.44. The molecule has 0 aliphatic heterocycles. The molecule has 1 rings (SSSR count). The highest BCUT2D eigenvalue weighted by molar-refractivity contribution is 5.33. The molecule has 0 aromatic heterocycles. The number of hydrogen-bond acceptors (Lipinski definition) is 4. The summed E-state index contributed by atoms with van der Waals surface area (Å²) in [6.07, 6.45) is 0.979. The lowest BCUT2D eigenvalue weighted by atomic mass is 10.1. The van der Waals surface area contributed by atoms with E-state index in [-0.39, 0.29) is 0 Å². The van der Waals surface area contributed by atoms with Gasteiger partial charge in [-0.05, 0) is 31.5 Å². The third-order valence-electron chi connectivity index (χ3n) is 3.01. The van der Waals surface area contributed by atoms with Gasteiger partial charge >= 0.3 is 0 Å². The first-order valence-electron chi connectivity index (χ1n) is 6.83. The molecule has 4 nitrogen and oxygen atoms in total. The van der Waals surface area contributed by atoms with Gasteiger partial charge in [-0.2, -0.15) is 0 Å². The van der Waals surface area contributed by atoms with E-state index >= 15 is 0 Å². The maximum atomic E-state index is 5.34. The quantitative estimate of drug-likeness (QED) is 0.629. The SMILES string of the molecule is COCCNCC(C)NCCc1ccccc1OC. The molecule has 0 amide bonds. The standard InChI is InChI=1S/C15H26N2O2/c1-13(12-16-10-11-18-2)17-9-8-14-6-4-5-7-15(14)19-3/h4-7,13,16-17H,8-12H2,1-3H3. The van der Waals surface area contributed by atoms with Gasteiger partial charge in [-0.15, -0.1) is 0 Å². The summed E-state index contributed by atoms with van der Waals surface area (Å²) < 4.78 is 10.3. The average molecular weight is 266 g/mol. The Hall–Kier alpha value is -1.10. The van der Waals surface area contributed by atoms with Crippen molar-refractivity contribution in [2.75, 3.05) is 40.5 Å². The molecule has 0 radical (unpaired) electrons. The van der Waals surface area contributed by atoms with Crippen LogP contribution in [0.5, 0.6) is 5.75 Å². The highest BCUT2D eigenvalue weighted by Crippen LogP contribution is 2.17. The van der Waals surface area contributed by atoms with Crippen molar-refractivity contribution in [2.24, 2.45) is 0 Å². The zero-order valence-corrected chi connectivity index (χ0v) is 12.2. The lowest BCUT2D eigenvalue weighted by Crippen LogP contribution is -2.38. The molecule has 108 valence electrons. The van der Waals surface area contributed by atoms with Crippen LogP contribution >= 0.6 is 0 Å². The normalized spacial score (nSPS) is 12.4. The molecule has 2 N–H and O–H groups in total. The van der Waals surface area contributed by atoms with E-state index in [1.165, 1.54) is 5.56 Å². The summed E-state index contributed by atoms with van der Waals surface area (Å²) in [6, 6.07) is 8.62. The first kappa shape index (κ1) is 16.0. The summed E-state index contributed by atoms with van der Waals surface area (Å²) >= 11 is 0. The van der Waals surface area contributed by atoms with Crippen molar-refractivity contribution in [3.8, 4) is 5.75 Å². The smallest absolute Gasteiger partial charge is 0.122 e. The van der Waals surface area contributed by atoms with Crippen molar-refractivity contribution in [1.29, 1.82) is 0 Å². The van der Waals surface area contributed by atoms with Gasteiger partial charge in [-0.25, -0.2) is 0 Å². The zero-order chi connectivity index (χ0) is 13.9. The van der Waals surface area contributed by atoms with E-state index in [4.69, 9.17) is 9.47 Å². The molecule has 0 aliphatic rings. The monoisotopic (exact) mass is 266 g/mol. The van der Waals surface area contributed by atoms with E-state index in [9.17, 15) is 0 Å². The van der Waals surface area contributed by atoms with Gasteiger partial charge in [0.05, 0.1) is 13.7 Å². The van der Waals surface area contributed by atoms with Gasteiger partial charge in [-0.1, -0.05) is 18.2 Å². The second kappa shape index (κ2) is 9.78. The summed E-state index contributed by atoms with van der Waals surface area (Å²) in [4.78, 5) is 0. The Bertz CT molecular complexity index is 345. The van der Waals surface area contributed by atoms with Crippen molar-refractivity contribution < 1.29 is 9.47 Å². The first-order valence-corrected chi connectivity index (χ1v) is 6.83. The predicted molar refractivity (Wildman–Crippen MR) is 78.9 cm³/mol. The number of nitrogens with one attached hydrogen (secondary N) is 2. The summed E-state index contributed by atoms with van der Waals surface area (Å²) in [5, 5.41) is 6.85. The van der Waals surface area contributed by atoms with Crippen molar-refractivity contribution in [2.45, 2.75) is 19.4 Å². The molecule has 0 fully saturated rings. The van der Waals surface area contributed by atoms with Crippen LogP contribution in [0.15, 0.2) is 24.3 Å². The molecule has 0 aliphatic carbocycles. The highest BCUT2D eigenvalue weighted by Gasteiger charge is 2.03. The van der Waals surface area contributed by atoms with E-state index in [1.807, 2.05) is 18.2 Å². The Morgan fingerprint density at radius 2 is 1.95 bits per heavy atom. The van der Waals surface area contributed by atoms with Crippen LogP contribution in [0.25, 0.3) is 0 Å². The molecular formula is C15H26N2O2. The number of rotatable bonds is 10. The number of benzene rings is 1. The first-order chi connectivity index (χ1) is 9.27. The van der Waals surface area contributed by atoms with Crippen LogP contribution in [0.3, 0.4) is 0 Å². The molecule has 0 bridgehead atoms. The van der Waals surface area contributed by atoms with E-state index in [0.29, 0.717) is 6.04 Å². The van der Waals surface area contributed by atoms with Crippen molar-refractivity contribution >= 4 is 0 Å². The van der Waals surface area contributed by atoms with E-state index in [1.54, 1.807) is 14.2 Å². The fourth-order valence-electron chi connectivity index (χ4n) is 1.93. The van der Waals surface area contributed by atoms with E-state index < -0.39 is 0 Å². The topological polar surface area (TPSA) is 42.5 Å². The third-order valence-corrected chi connectivity index (χ3v) is 3.01. The van der Waals surface area contributed by atoms with Gasteiger partial charge in [0, 0.05) is 26.2 Å². The molecule has 0 saturated heterocycles. The Morgan fingerprint density at radius 1 is 1.16 bits per heavy atom. The van der Waals surface area contributed by atoms with Crippen LogP contribution in [-0.4, -0.2) is 46.5 Å². The molecular weight excluding hydrogens is 240 g/mol. The molecule has 0 spiro atoms. The van der Waals surface area contributed by atoms with Gasteiger partial charge < -0.3 is 20.1 Å². The number of ether oxygens (including phenoxy) is 2. The Labute approximate surface area is 116 Å². The van der Waals surface area contributed by atoms with Crippen molar-refractivity contribution in [1.82, 2.24) is 10.6 Å². The molecule has 1 aromatic rings. The Kier molecular flexibility index (Phi) is 8.21. The van der Waals surface area contributed by atoms with Crippen LogP contribution in [0, 0.1) is 0 Å². The third kappa shape index (κ3) is 6.57.